The van der Waals surface area contributed by atoms with Crippen molar-refractivity contribution in [3.63, 3.8) is 0 Å². The summed E-state index contributed by atoms with van der Waals surface area (Å²) in [6.07, 6.45) is 4.86. The van der Waals surface area contributed by atoms with E-state index in [9.17, 15) is 4.21 Å². The maximum Gasteiger partial charge on any atom is 0.232 e. The first-order valence-electron chi connectivity index (χ1n) is 2.00. The van der Waals surface area contributed by atoms with Crippen LogP contribution in [0.5, 0.6) is 0 Å². The molecule has 0 bridgehead atoms. The molecule has 0 aliphatic carbocycles. The van der Waals surface area contributed by atoms with Crippen LogP contribution in [0, 0.1) is 12.3 Å². The number of hydrogen-bond donors (Lipinski definition) is 2. The van der Waals surface area contributed by atoms with Crippen molar-refractivity contribution < 1.29 is 8.76 Å². The molecule has 0 aromatic carbocycles. The first kappa shape index (κ1) is 7.63. The largest absolute Gasteiger partial charge is 0.294 e. The van der Waals surface area contributed by atoms with Gasteiger partial charge < -0.3 is 0 Å². The van der Waals surface area contributed by atoms with E-state index in [1.54, 1.807) is 6.92 Å². The minimum absolute atomic E-state index is 0.346. The maximum absolute atomic E-state index is 9.87. The van der Waals surface area contributed by atoms with Gasteiger partial charge in [0, 0.05) is 0 Å². The number of rotatable bonds is 2. The van der Waals surface area contributed by atoms with Gasteiger partial charge in [-0.25, -0.2) is 8.93 Å². The van der Waals surface area contributed by atoms with Gasteiger partial charge in [0.1, 0.15) is 0 Å². The summed E-state index contributed by atoms with van der Waals surface area (Å²) in [6, 6.07) is -0.346. The topological polar surface area (TPSA) is 49.3 Å². The molecule has 0 aliphatic heterocycles. The summed E-state index contributed by atoms with van der Waals surface area (Å²) in [7, 11) is 0. The van der Waals surface area contributed by atoms with Crippen molar-refractivity contribution >= 4 is 11.3 Å². The van der Waals surface area contributed by atoms with Crippen LogP contribution < -0.4 is 4.72 Å². The van der Waals surface area contributed by atoms with Crippen LogP contribution in [0.1, 0.15) is 6.92 Å². The van der Waals surface area contributed by atoms with Crippen LogP contribution in [0.15, 0.2) is 0 Å². The third-order valence-electron chi connectivity index (χ3n) is 0.528. The van der Waals surface area contributed by atoms with Crippen LogP contribution in [0.25, 0.3) is 0 Å². The minimum Gasteiger partial charge on any atom is -0.294 e. The van der Waals surface area contributed by atoms with Gasteiger partial charge in [0.05, 0.1) is 6.04 Å². The van der Waals surface area contributed by atoms with Crippen molar-refractivity contribution in [3.05, 3.63) is 0 Å². The Bertz CT molecular complexity index is 128. The lowest BCUT2D eigenvalue weighted by molar-refractivity contribution is 0.545. The van der Waals surface area contributed by atoms with Crippen molar-refractivity contribution in [1.29, 1.82) is 0 Å². The molecule has 0 aromatic rings. The summed E-state index contributed by atoms with van der Waals surface area (Å²) in [5.41, 5.74) is 0. The van der Waals surface area contributed by atoms with Gasteiger partial charge in [-0.15, -0.1) is 6.42 Å². The van der Waals surface area contributed by atoms with Crippen LogP contribution in [0.2, 0.25) is 0 Å². The molecule has 0 saturated heterocycles. The fraction of sp³-hybridized carbons (Fsp3) is 0.500. The number of hydrogen-bond acceptors (Lipinski definition) is 1. The predicted molar refractivity (Wildman–Crippen MR) is 32.2 cm³/mol. The lowest BCUT2D eigenvalue weighted by atomic mass is 10.4. The van der Waals surface area contributed by atoms with E-state index in [0.29, 0.717) is 0 Å². The quantitative estimate of drug-likeness (QED) is 0.402. The van der Waals surface area contributed by atoms with Gasteiger partial charge >= 0.3 is 0 Å². The van der Waals surface area contributed by atoms with Crippen molar-refractivity contribution in [2.75, 3.05) is 0 Å². The summed E-state index contributed by atoms with van der Waals surface area (Å²) in [4.78, 5) is 0. The second kappa shape index (κ2) is 3.61. The third-order valence-corrected chi connectivity index (χ3v) is 1.08. The smallest absolute Gasteiger partial charge is 0.232 e. The highest BCUT2D eigenvalue weighted by Gasteiger charge is 1.96. The van der Waals surface area contributed by atoms with Crippen molar-refractivity contribution in [2.45, 2.75) is 13.0 Å². The van der Waals surface area contributed by atoms with Crippen LogP contribution in [0.3, 0.4) is 0 Å². The molecule has 0 amide bonds. The Labute approximate surface area is 50.9 Å². The Kier molecular flexibility index (Phi) is 3.44. The second-order valence-corrected chi connectivity index (χ2v) is 1.99. The molecule has 0 aromatic heterocycles. The predicted octanol–water partition coefficient (Wildman–Crippen LogP) is -0.266. The molecule has 3 nitrogen and oxygen atoms in total. The van der Waals surface area contributed by atoms with E-state index >= 15 is 0 Å². The molecule has 8 heavy (non-hydrogen) atoms. The second-order valence-electron chi connectivity index (χ2n) is 1.26. The Hall–Kier alpha value is -0.370. The van der Waals surface area contributed by atoms with Crippen molar-refractivity contribution in [1.82, 2.24) is 4.72 Å². The maximum atomic E-state index is 9.87. The van der Waals surface area contributed by atoms with E-state index in [1.165, 1.54) is 0 Å². The highest BCUT2D eigenvalue weighted by Crippen LogP contribution is 1.75. The fourth-order valence-electron chi connectivity index (χ4n) is 0.185. The minimum atomic E-state index is -1.99. The third kappa shape index (κ3) is 3.81. The van der Waals surface area contributed by atoms with E-state index in [1.807, 2.05) is 0 Å². The van der Waals surface area contributed by atoms with Gasteiger partial charge in [-0.1, -0.05) is 5.92 Å². The first-order valence-corrected chi connectivity index (χ1v) is 3.10. The molecule has 2 atom stereocenters. The van der Waals surface area contributed by atoms with Gasteiger partial charge in [0.15, 0.2) is 0 Å². The molecule has 0 radical (unpaired) electrons. The summed E-state index contributed by atoms with van der Waals surface area (Å²) >= 11 is -1.99. The Balaban J connectivity index is 3.43. The van der Waals surface area contributed by atoms with E-state index in [-0.39, 0.29) is 6.04 Å². The van der Waals surface area contributed by atoms with Crippen LogP contribution in [-0.4, -0.2) is 14.8 Å². The molecule has 0 rings (SSSR count). The average molecular weight is 133 g/mol. The van der Waals surface area contributed by atoms with E-state index in [2.05, 4.69) is 10.6 Å². The standard InChI is InChI=1S/C4H7NO2S/c1-3-4(2)5-8(6)7/h1,4-5H,2H3,(H,6,7). The Morgan fingerprint density at radius 2 is 2.50 bits per heavy atom. The molecule has 0 saturated carbocycles. The highest BCUT2D eigenvalue weighted by atomic mass is 32.2. The molecular weight excluding hydrogens is 126 g/mol. The summed E-state index contributed by atoms with van der Waals surface area (Å²) in [6.45, 7) is 1.62. The molecular formula is C4H7NO2S. The zero-order chi connectivity index (χ0) is 6.57. The molecule has 0 fully saturated rings. The molecule has 2 unspecified atom stereocenters. The van der Waals surface area contributed by atoms with Gasteiger partial charge in [0.25, 0.3) is 0 Å². The molecule has 0 spiro atoms. The normalized spacial score (nSPS) is 16.6. The van der Waals surface area contributed by atoms with E-state index < -0.39 is 11.3 Å². The molecule has 4 heteroatoms. The Morgan fingerprint density at radius 3 is 2.62 bits per heavy atom. The Morgan fingerprint density at radius 1 is 2.00 bits per heavy atom. The molecule has 2 N–H and O–H groups in total. The zero-order valence-electron chi connectivity index (χ0n) is 4.42. The molecule has 0 aliphatic rings. The van der Waals surface area contributed by atoms with Crippen LogP contribution in [0.4, 0.5) is 0 Å². The first-order chi connectivity index (χ1) is 3.66. The monoisotopic (exact) mass is 133 g/mol. The highest BCUT2D eigenvalue weighted by molar-refractivity contribution is 7.77. The lowest BCUT2D eigenvalue weighted by Crippen LogP contribution is -2.25. The summed E-state index contributed by atoms with van der Waals surface area (Å²) in [5, 5.41) is 0. The van der Waals surface area contributed by atoms with Gasteiger partial charge in [-0.05, 0) is 6.92 Å². The van der Waals surface area contributed by atoms with E-state index in [4.69, 9.17) is 11.0 Å². The molecule has 46 valence electrons. The number of terminal acetylenes is 1. The fourth-order valence-corrected chi connectivity index (χ4v) is 0.556. The van der Waals surface area contributed by atoms with Crippen LogP contribution in [-0.2, 0) is 11.3 Å². The molecule has 0 heterocycles. The van der Waals surface area contributed by atoms with Gasteiger partial charge in [0.2, 0.25) is 11.3 Å². The van der Waals surface area contributed by atoms with Crippen molar-refractivity contribution in [3.8, 4) is 12.3 Å². The van der Waals surface area contributed by atoms with E-state index in [0.717, 1.165) is 0 Å². The average Bonchev–Trinajstić information content (AvgIpc) is 1.65. The SMILES string of the molecule is C#CC(C)NS(=O)O. The van der Waals surface area contributed by atoms with Gasteiger partial charge in [-0.2, -0.15) is 0 Å². The summed E-state index contributed by atoms with van der Waals surface area (Å²) < 4.78 is 20.2. The zero-order valence-corrected chi connectivity index (χ0v) is 5.23. The summed E-state index contributed by atoms with van der Waals surface area (Å²) in [5.74, 6) is 2.23. The van der Waals surface area contributed by atoms with Crippen molar-refractivity contribution in [2.24, 2.45) is 0 Å². The number of nitrogens with one attached hydrogen (secondary N) is 1. The van der Waals surface area contributed by atoms with Crippen LogP contribution >= 0.6 is 0 Å². The lowest BCUT2D eigenvalue weighted by Gasteiger charge is -1.98. The van der Waals surface area contributed by atoms with Gasteiger partial charge in [-0.3, -0.25) is 4.55 Å².